The molecule has 0 fully saturated rings. The van der Waals surface area contributed by atoms with E-state index >= 15 is 0 Å². The zero-order chi connectivity index (χ0) is 19.6. The lowest BCUT2D eigenvalue weighted by Gasteiger charge is -2.15. The van der Waals surface area contributed by atoms with Gasteiger partial charge in [0.05, 0.1) is 12.1 Å². The number of aliphatic hydroxyl groups is 1. The van der Waals surface area contributed by atoms with Crippen LogP contribution in [0.4, 0.5) is 4.39 Å². The molecule has 0 amide bonds. The summed E-state index contributed by atoms with van der Waals surface area (Å²) in [6.07, 6.45) is 2.87. The van der Waals surface area contributed by atoms with E-state index in [0.29, 0.717) is 28.6 Å². The Hall–Kier alpha value is -1.34. The van der Waals surface area contributed by atoms with Gasteiger partial charge in [-0.1, -0.05) is 33.6 Å². The molecule has 0 spiro atoms. The van der Waals surface area contributed by atoms with E-state index in [1.54, 1.807) is 13.2 Å². The first-order valence-electron chi connectivity index (χ1n) is 8.80. The third-order valence-electron chi connectivity index (χ3n) is 4.06. The zero-order valence-corrected chi connectivity index (χ0v) is 17.6. The van der Waals surface area contributed by atoms with E-state index in [4.69, 9.17) is 26.2 Å². The summed E-state index contributed by atoms with van der Waals surface area (Å²) < 4.78 is 25.3. The first-order chi connectivity index (χ1) is 13.0. The summed E-state index contributed by atoms with van der Waals surface area (Å²) in [6, 6.07) is 8.01. The van der Waals surface area contributed by atoms with Crippen molar-refractivity contribution in [2.24, 2.45) is 0 Å². The van der Waals surface area contributed by atoms with Crippen LogP contribution in [0.1, 0.15) is 30.4 Å². The second kappa shape index (κ2) is 11.5. The highest BCUT2D eigenvalue weighted by Crippen LogP contribution is 2.34. The number of benzene rings is 2. The van der Waals surface area contributed by atoms with Gasteiger partial charge < -0.3 is 19.9 Å². The Morgan fingerprint density at radius 2 is 1.93 bits per heavy atom. The Morgan fingerprint density at radius 3 is 2.63 bits per heavy atom. The fraction of sp³-hybridized carbons (Fsp3) is 0.400. The van der Waals surface area contributed by atoms with E-state index in [2.05, 4.69) is 21.2 Å². The van der Waals surface area contributed by atoms with Gasteiger partial charge in [-0.2, -0.15) is 0 Å². The SMILES string of the molecule is COc1cc(CNCCCCCO)c(Br)cc1OCc1ccc(F)cc1Cl. The van der Waals surface area contributed by atoms with E-state index in [1.807, 2.05) is 12.1 Å². The summed E-state index contributed by atoms with van der Waals surface area (Å²) >= 11 is 9.62. The van der Waals surface area contributed by atoms with E-state index < -0.39 is 0 Å². The van der Waals surface area contributed by atoms with Crippen LogP contribution in [0.5, 0.6) is 11.5 Å². The quantitative estimate of drug-likeness (QED) is 0.459. The number of ether oxygens (including phenoxy) is 2. The van der Waals surface area contributed by atoms with Gasteiger partial charge >= 0.3 is 0 Å². The molecule has 2 N–H and O–H groups in total. The van der Waals surface area contributed by atoms with Crippen LogP contribution in [-0.2, 0) is 13.2 Å². The molecule has 2 aromatic rings. The molecular formula is C20H24BrClFNO3. The van der Waals surface area contributed by atoms with Gasteiger partial charge in [0, 0.05) is 23.2 Å². The van der Waals surface area contributed by atoms with Crippen molar-refractivity contribution in [2.75, 3.05) is 20.3 Å². The Labute approximate surface area is 172 Å². The van der Waals surface area contributed by atoms with Crippen LogP contribution < -0.4 is 14.8 Å². The predicted octanol–water partition coefficient (Wildman–Crippen LogP) is 5.08. The summed E-state index contributed by atoms with van der Waals surface area (Å²) in [7, 11) is 1.59. The third-order valence-corrected chi connectivity index (χ3v) is 5.15. The molecule has 0 aliphatic heterocycles. The lowest BCUT2D eigenvalue weighted by atomic mass is 10.2. The van der Waals surface area contributed by atoms with E-state index in [1.165, 1.54) is 12.1 Å². The van der Waals surface area contributed by atoms with Gasteiger partial charge in [-0.25, -0.2) is 4.39 Å². The molecule has 27 heavy (non-hydrogen) atoms. The van der Waals surface area contributed by atoms with Crippen molar-refractivity contribution in [3.8, 4) is 11.5 Å². The molecular weight excluding hydrogens is 437 g/mol. The molecule has 0 bridgehead atoms. The molecule has 0 saturated carbocycles. The van der Waals surface area contributed by atoms with Crippen LogP contribution >= 0.6 is 27.5 Å². The lowest BCUT2D eigenvalue weighted by molar-refractivity contribution is 0.282. The molecule has 0 aliphatic rings. The number of nitrogens with one attached hydrogen (secondary N) is 1. The normalized spacial score (nSPS) is 10.9. The highest BCUT2D eigenvalue weighted by Gasteiger charge is 2.12. The standard InChI is InChI=1S/C20H24BrClFNO3/c1-26-19-9-15(12-24-7-3-2-4-8-25)17(21)11-20(19)27-13-14-5-6-16(23)10-18(14)22/h5-6,9-11,24-25H,2-4,7-8,12-13H2,1H3. The molecule has 0 saturated heterocycles. The van der Waals surface area contributed by atoms with Crippen LogP contribution in [0, 0.1) is 5.82 Å². The van der Waals surface area contributed by atoms with E-state index in [9.17, 15) is 4.39 Å². The summed E-state index contributed by atoms with van der Waals surface area (Å²) in [6.45, 7) is 2.04. The maximum absolute atomic E-state index is 13.1. The molecule has 0 aliphatic carbocycles. The van der Waals surface area contributed by atoms with E-state index in [0.717, 1.165) is 35.8 Å². The molecule has 2 rings (SSSR count). The zero-order valence-electron chi connectivity index (χ0n) is 15.2. The highest BCUT2D eigenvalue weighted by molar-refractivity contribution is 9.10. The number of hydrogen-bond acceptors (Lipinski definition) is 4. The first-order valence-corrected chi connectivity index (χ1v) is 9.97. The third kappa shape index (κ3) is 6.96. The maximum Gasteiger partial charge on any atom is 0.162 e. The molecule has 4 nitrogen and oxygen atoms in total. The topological polar surface area (TPSA) is 50.7 Å². The van der Waals surface area contributed by atoms with Crippen LogP contribution in [0.3, 0.4) is 0 Å². The van der Waals surface area contributed by atoms with Crippen molar-refractivity contribution >= 4 is 27.5 Å². The van der Waals surface area contributed by atoms with Gasteiger partial charge in [-0.3, -0.25) is 0 Å². The largest absolute Gasteiger partial charge is 0.493 e. The Kier molecular flexibility index (Phi) is 9.34. The number of aliphatic hydroxyl groups excluding tert-OH is 1. The van der Waals surface area contributed by atoms with E-state index in [-0.39, 0.29) is 19.0 Å². The van der Waals surface area contributed by atoms with Crippen LogP contribution in [0.2, 0.25) is 5.02 Å². The maximum atomic E-state index is 13.1. The highest BCUT2D eigenvalue weighted by atomic mass is 79.9. The number of rotatable bonds is 11. The minimum Gasteiger partial charge on any atom is -0.493 e. The minimum atomic E-state index is -0.378. The number of methoxy groups -OCH3 is 1. The molecule has 0 atom stereocenters. The van der Waals surface area contributed by atoms with Crippen molar-refractivity contribution in [3.63, 3.8) is 0 Å². The minimum absolute atomic E-state index is 0.213. The van der Waals surface area contributed by atoms with Gasteiger partial charge in [0.2, 0.25) is 0 Å². The number of unbranched alkanes of at least 4 members (excludes halogenated alkanes) is 2. The Morgan fingerprint density at radius 1 is 1.11 bits per heavy atom. The van der Waals surface area contributed by atoms with Gasteiger partial charge in [0.15, 0.2) is 11.5 Å². The molecule has 2 aromatic carbocycles. The van der Waals surface area contributed by atoms with Crippen LogP contribution in [0.15, 0.2) is 34.8 Å². The molecule has 7 heteroatoms. The molecule has 0 radical (unpaired) electrons. The molecule has 0 heterocycles. The van der Waals surface area contributed by atoms with Gasteiger partial charge in [-0.05, 0) is 55.6 Å². The number of halogens is 3. The van der Waals surface area contributed by atoms with Gasteiger partial charge in [-0.15, -0.1) is 0 Å². The second-order valence-corrected chi connectivity index (χ2v) is 7.34. The van der Waals surface area contributed by atoms with Crippen LogP contribution in [0.25, 0.3) is 0 Å². The predicted molar refractivity (Wildman–Crippen MR) is 109 cm³/mol. The first kappa shape index (κ1) is 22.0. The van der Waals surface area contributed by atoms with Crippen LogP contribution in [-0.4, -0.2) is 25.4 Å². The average molecular weight is 461 g/mol. The average Bonchev–Trinajstić information content (AvgIpc) is 2.65. The van der Waals surface area contributed by atoms with Crippen molar-refractivity contribution in [1.82, 2.24) is 5.32 Å². The molecule has 0 aromatic heterocycles. The summed E-state index contributed by atoms with van der Waals surface area (Å²) in [5.41, 5.74) is 1.76. The Bertz CT molecular complexity index is 745. The van der Waals surface area contributed by atoms with Gasteiger partial charge in [0.25, 0.3) is 0 Å². The second-order valence-electron chi connectivity index (χ2n) is 6.08. The summed E-state index contributed by atoms with van der Waals surface area (Å²) in [4.78, 5) is 0. The van der Waals surface area contributed by atoms with Crippen molar-refractivity contribution in [2.45, 2.75) is 32.4 Å². The van der Waals surface area contributed by atoms with Gasteiger partial charge in [0.1, 0.15) is 12.4 Å². The monoisotopic (exact) mass is 459 g/mol. The fourth-order valence-electron chi connectivity index (χ4n) is 2.54. The molecule has 0 unspecified atom stereocenters. The molecule has 148 valence electrons. The lowest BCUT2D eigenvalue weighted by Crippen LogP contribution is -2.15. The summed E-state index contributed by atoms with van der Waals surface area (Å²) in [5, 5.41) is 12.5. The fourth-order valence-corrected chi connectivity index (χ4v) is 3.23. The Balaban J connectivity index is 1.98. The smallest absolute Gasteiger partial charge is 0.162 e. The van der Waals surface area contributed by atoms with Crippen molar-refractivity contribution in [3.05, 3.63) is 56.8 Å². The summed E-state index contributed by atoms with van der Waals surface area (Å²) in [5.74, 6) is 0.822. The number of hydrogen-bond donors (Lipinski definition) is 2. The van der Waals surface area contributed by atoms with Crippen molar-refractivity contribution in [1.29, 1.82) is 0 Å². The van der Waals surface area contributed by atoms with Crippen molar-refractivity contribution < 1.29 is 19.0 Å².